The maximum atomic E-state index is 13.2. The van der Waals surface area contributed by atoms with Crippen LogP contribution in [-0.2, 0) is 16.0 Å². The Morgan fingerprint density at radius 2 is 2.19 bits per heavy atom. The Kier molecular flexibility index (Phi) is 3.87. The number of pyridine rings is 1. The standard InChI is InChI=1S/C10H10F3NO2/c1-5-3-6(11)9(10(12)13)7(14-5)4-8(15)16-2/h3,10H,4H2,1-2H3. The Hall–Kier alpha value is -1.59. The summed E-state index contributed by atoms with van der Waals surface area (Å²) < 4.78 is 42.7. The molecular weight excluding hydrogens is 223 g/mol. The van der Waals surface area contributed by atoms with Gasteiger partial charge in [0.1, 0.15) is 5.82 Å². The molecule has 88 valence electrons. The molecule has 0 N–H and O–H groups in total. The second-order valence-electron chi connectivity index (χ2n) is 3.16. The number of hydrogen-bond acceptors (Lipinski definition) is 3. The van der Waals surface area contributed by atoms with Crippen LogP contribution in [0.25, 0.3) is 0 Å². The summed E-state index contributed by atoms with van der Waals surface area (Å²) in [6, 6.07) is 0.905. The molecule has 0 amide bonds. The number of ether oxygens (including phenoxy) is 1. The minimum absolute atomic E-state index is 0.237. The largest absolute Gasteiger partial charge is 0.469 e. The van der Waals surface area contributed by atoms with E-state index in [0.29, 0.717) is 0 Å². The number of esters is 1. The van der Waals surface area contributed by atoms with E-state index >= 15 is 0 Å². The lowest BCUT2D eigenvalue weighted by molar-refractivity contribution is -0.139. The van der Waals surface area contributed by atoms with Crippen molar-refractivity contribution < 1.29 is 22.7 Å². The van der Waals surface area contributed by atoms with Crippen molar-refractivity contribution in [1.82, 2.24) is 4.98 Å². The van der Waals surface area contributed by atoms with Crippen molar-refractivity contribution in [3.8, 4) is 0 Å². The highest BCUT2D eigenvalue weighted by atomic mass is 19.3. The molecule has 1 aromatic rings. The van der Waals surface area contributed by atoms with Gasteiger partial charge in [0.25, 0.3) is 6.43 Å². The molecule has 0 aliphatic heterocycles. The predicted molar refractivity (Wildman–Crippen MR) is 49.6 cm³/mol. The fourth-order valence-corrected chi connectivity index (χ4v) is 1.28. The molecule has 6 heteroatoms. The quantitative estimate of drug-likeness (QED) is 0.751. The molecule has 0 bridgehead atoms. The van der Waals surface area contributed by atoms with Gasteiger partial charge in [-0.15, -0.1) is 0 Å². The zero-order valence-corrected chi connectivity index (χ0v) is 8.76. The Morgan fingerprint density at radius 1 is 1.56 bits per heavy atom. The van der Waals surface area contributed by atoms with Crippen molar-refractivity contribution in [2.24, 2.45) is 0 Å². The number of halogens is 3. The van der Waals surface area contributed by atoms with Crippen LogP contribution >= 0.6 is 0 Å². The van der Waals surface area contributed by atoms with Crippen molar-refractivity contribution in [3.05, 3.63) is 28.8 Å². The summed E-state index contributed by atoms with van der Waals surface area (Å²) in [6.07, 6.45) is -3.47. The average molecular weight is 233 g/mol. The summed E-state index contributed by atoms with van der Waals surface area (Å²) in [5.74, 6) is -1.79. The van der Waals surface area contributed by atoms with E-state index in [1.807, 2.05) is 0 Å². The van der Waals surface area contributed by atoms with E-state index in [9.17, 15) is 18.0 Å². The van der Waals surface area contributed by atoms with Gasteiger partial charge in [0, 0.05) is 5.69 Å². The SMILES string of the molecule is COC(=O)Cc1nc(C)cc(F)c1C(F)F. The summed E-state index contributed by atoms with van der Waals surface area (Å²) in [7, 11) is 1.12. The number of aryl methyl sites for hydroxylation is 1. The summed E-state index contributed by atoms with van der Waals surface area (Å²) in [5, 5.41) is 0. The Morgan fingerprint density at radius 3 is 2.69 bits per heavy atom. The first kappa shape index (κ1) is 12.5. The van der Waals surface area contributed by atoms with Crippen molar-refractivity contribution in [2.45, 2.75) is 19.8 Å². The molecule has 0 fully saturated rings. The highest BCUT2D eigenvalue weighted by Gasteiger charge is 2.22. The maximum Gasteiger partial charge on any atom is 0.311 e. The topological polar surface area (TPSA) is 39.2 Å². The number of hydrogen-bond donors (Lipinski definition) is 0. The second kappa shape index (κ2) is 4.96. The highest BCUT2D eigenvalue weighted by Crippen LogP contribution is 2.25. The molecule has 0 atom stereocenters. The number of nitrogens with zero attached hydrogens (tertiary/aromatic N) is 1. The Balaban J connectivity index is 3.18. The van der Waals surface area contributed by atoms with Gasteiger partial charge in [0.05, 0.1) is 24.8 Å². The third-order valence-electron chi connectivity index (χ3n) is 1.97. The third-order valence-corrected chi connectivity index (χ3v) is 1.97. The fourth-order valence-electron chi connectivity index (χ4n) is 1.28. The Bertz CT molecular complexity index is 407. The number of carbonyl (C=O) groups is 1. The van der Waals surface area contributed by atoms with E-state index in [4.69, 9.17) is 0 Å². The number of aromatic nitrogens is 1. The number of rotatable bonds is 3. The summed E-state index contributed by atoms with van der Waals surface area (Å²) in [5.41, 5.74) is -0.879. The minimum Gasteiger partial charge on any atom is -0.469 e. The van der Waals surface area contributed by atoms with E-state index in [1.165, 1.54) is 6.92 Å². The first-order chi connectivity index (χ1) is 7.45. The van der Waals surface area contributed by atoms with Crippen LogP contribution < -0.4 is 0 Å². The van der Waals surface area contributed by atoms with Crippen LogP contribution in [0.15, 0.2) is 6.07 Å². The molecule has 0 aliphatic rings. The Labute approximate surface area is 90.2 Å². The van der Waals surface area contributed by atoms with Crippen LogP contribution in [-0.4, -0.2) is 18.1 Å². The summed E-state index contributed by atoms with van der Waals surface area (Å²) in [4.78, 5) is 14.7. The maximum absolute atomic E-state index is 13.2. The van der Waals surface area contributed by atoms with Gasteiger partial charge in [-0.1, -0.05) is 0 Å². The van der Waals surface area contributed by atoms with Crippen molar-refractivity contribution in [3.63, 3.8) is 0 Å². The predicted octanol–water partition coefficient (Wildman–Crippen LogP) is 2.18. The first-order valence-electron chi connectivity index (χ1n) is 4.46. The normalized spacial score (nSPS) is 10.6. The van der Waals surface area contributed by atoms with E-state index in [2.05, 4.69) is 9.72 Å². The molecule has 0 spiro atoms. The molecule has 0 saturated carbocycles. The van der Waals surface area contributed by atoms with E-state index in [-0.39, 0.29) is 11.4 Å². The van der Waals surface area contributed by atoms with Crippen LogP contribution in [0.4, 0.5) is 13.2 Å². The molecule has 0 radical (unpaired) electrons. The lowest BCUT2D eigenvalue weighted by Crippen LogP contribution is -2.11. The molecule has 0 aromatic carbocycles. The van der Waals surface area contributed by atoms with E-state index in [0.717, 1.165) is 13.2 Å². The van der Waals surface area contributed by atoms with Gasteiger partial charge in [-0.3, -0.25) is 9.78 Å². The summed E-state index contributed by atoms with van der Waals surface area (Å²) >= 11 is 0. The van der Waals surface area contributed by atoms with Gasteiger partial charge in [0.15, 0.2) is 0 Å². The number of alkyl halides is 2. The second-order valence-corrected chi connectivity index (χ2v) is 3.16. The van der Waals surface area contributed by atoms with E-state index in [1.54, 1.807) is 0 Å². The molecule has 1 aromatic heterocycles. The molecule has 1 heterocycles. The van der Waals surface area contributed by atoms with Crippen LogP contribution in [0.3, 0.4) is 0 Å². The van der Waals surface area contributed by atoms with Gasteiger partial charge >= 0.3 is 5.97 Å². The van der Waals surface area contributed by atoms with Crippen LogP contribution in [0, 0.1) is 12.7 Å². The lowest BCUT2D eigenvalue weighted by Gasteiger charge is -2.09. The summed E-state index contributed by atoms with van der Waals surface area (Å²) in [6.45, 7) is 1.46. The highest BCUT2D eigenvalue weighted by molar-refractivity contribution is 5.72. The molecule has 0 aliphatic carbocycles. The third kappa shape index (κ3) is 2.71. The number of methoxy groups -OCH3 is 1. The molecule has 0 unspecified atom stereocenters. The van der Waals surface area contributed by atoms with Gasteiger partial charge in [-0.05, 0) is 13.0 Å². The van der Waals surface area contributed by atoms with Gasteiger partial charge in [-0.2, -0.15) is 0 Å². The van der Waals surface area contributed by atoms with Crippen molar-refractivity contribution in [1.29, 1.82) is 0 Å². The zero-order chi connectivity index (χ0) is 12.3. The molecule has 16 heavy (non-hydrogen) atoms. The van der Waals surface area contributed by atoms with Crippen LogP contribution in [0.2, 0.25) is 0 Å². The van der Waals surface area contributed by atoms with Crippen LogP contribution in [0.1, 0.15) is 23.4 Å². The zero-order valence-electron chi connectivity index (χ0n) is 8.76. The average Bonchev–Trinajstić information content (AvgIpc) is 2.15. The van der Waals surface area contributed by atoms with Gasteiger partial charge in [0.2, 0.25) is 0 Å². The molecule has 1 rings (SSSR count). The van der Waals surface area contributed by atoms with Crippen molar-refractivity contribution in [2.75, 3.05) is 7.11 Å². The number of carbonyl (C=O) groups excluding carboxylic acids is 1. The molecule has 0 saturated heterocycles. The van der Waals surface area contributed by atoms with Gasteiger partial charge in [-0.25, -0.2) is 13.2 Å². The van der Waals surface area contributed by atoms with E-state index < -0.39 is 30.2 Å². The minimum atomic E-state index is -3.01. The van der Waals surface area contributed by atoms with Crippen molar-refractivity contribution >= 4 is 5.97 Å². The lowest BCUT2D eigenvalue weighted by atomic mass is 10.1. The first-order valence-corrected chi connectivity index (χ1v) is 4.46. The molecular formula is C10H10F3NO2. The van der Waals surface area contributed by atoms with Gasteiger partial charge < -0.3 is 4.74 Å². The molecule has 3 nitrogen and oxygen atoms in total. The smallest absolute Gasteiger partial charge is 0.311 e. The fraction of sp³-hybridized carbons (Fsp3) is 0.400. The monoisotopic (exact) mass is 233 g/mol. The van der Waals surface area contributed by atoms with Crippen LogP contribution in [0.5, 0.6) is 0 Å².